The van der Waals surface area contributed by atoms with Crippen LogP contribution >= 0.6 is 0 Å². The Balaban J connectivity index is 4.20. The van der Waals surface area contributed by atoms with Gasteiger partial charge in [0.05, 0.1) is 14.1 Å². The van der Waals surface area contributed by atoms with Crippen molar-refractivity contribution in [2.24, 2.45) is 0 Å². The molecular formula is C22H44NO4+. The summed E-state index contributed by atoms with van der Waals surface area (Å²) < 4.78 is 11.5. The van der Waals surface area contributed by atoms with Gasteiger partial charge in [-0.05, 0) is 12.8 Å². The van der Waals surface area contributed by atoms with Gasteiger partial charge in [0.1, 0.15) is 0 Å². The summed E-state index contributed by atoms with van der Waals surface area (Å²) in [5.41, 5.74) is 0. The van der Waals surface area contributed by atoms with Crippen LogP contribution in [0.5, 0.6) is 0 Å². The predicted molar refractivity (Wildman–Crippen MR) is 110 cm³/mol. The Hall–Kier alpha value is -1.10. The first-order chi connectivity index (χ1) is 12.8. The fourth-order valence-corrected chi connectivity index (χ4v) is 2.81. The molecule has 0 amide bonds. The molecule has 0 aromatic heterocycles. The average Bonchev–Trinajstić information content (AvgIpc) is 2.61. The van der Waals surface area contributed by atoms with Crippen molar-refractivity contribution in [2.75, 3.05) is 14.1 Å². The Kier molecular flexibility index (Phi) is 14.3. The molecule has 0 spiro atoms. The van der Waals surface area contributed by atoms with Crippen molar-refractivity contribution in [3.8, 4) is 0 Å². The lowest BCUT2D eigenvalue weighted by atomic mass is 10.1. The summed E-state index contributed by atoms with van der Waals surface area (Å²) in [5.74, 6) is -0.334. The lowest BCUT2D eigenvalue weighted by Crippen LogP contribution is -2.56. The topological polar surface area (TPSA) is 52.6 Å². The molecule has 5 heteroatoms. The first-order valence-corrected chi connectivity index (χ1v) is 11.0. The second kappa shape index (κ2) is 14.9. The summed E-state index contributed by atoms with van der Waals surface area (Å²) in [4.78, 5) is 24.1. The molecule has 0 radical (unpaired) electrons. The van der Waals surface area contributed by atoms with Crippen LogP contribution in [-0.4, -0.2) is 43.0 Å². The number of nitrogens with zero attached hydrogens (tertiary/aromatic N) is 1. The molecule has 0 N–H and O–H groups in total. The van der Waals surface area contributed by atoms with Crippen LogP contribution in [0.2, 0.25) is 0 Å². The van der Waals surface area contributed by atoms with Crippen LogP contribution in [0.15, 0.2) is 0 Å². The standard InChI is InChI=1S/C22H44NO4/c1-7-9-11-13-15-17-21(24)26-19(3)23(5,6)20(4)27-22(25)18-16-14-12-10-8-2/h19-20H,7-18H2,1-6H3/q+1. The number of unbranched alkanes of at least 4 members (excludes halogenated alkanes) is 8. The molecule has 0 aliphatic rings. The summed E-state index contributed by atoms with van der Waals surface area (Å²) in [6.07, 6.45) is 11.3. The van der Waals surface area contributed by atoms with Gasteiger partial charge >= 0.3 is 11.9 Å². The van der Waals surface area contributed by atoms with Crippen LogP contribution in [0, 0.1) is 0 Å². The van der Waals surface area contributed by atoms with Gasteiger partial charge in [-0.1, -0.05) is 65.2 Å². The van der Waals surface area contributed by atoms with E-state index in [0.29, 0.717) is 17.3 Å². The van der Waals surface area contributed by atoms with Crippen molar-refractivity contribution >= 4 is 11.9 Å². The zero-order chi connectivity index (χ0) is 20.7. The molecule has 0 saturated heterocycles. The minimum Gasteiger partial charge on any atom is -0.413 e. The second-order valence-corrected chi connectivity index (χ2v) is 8.14. The van der Waals surface area contributed by atoms with Crippen LogP contribution in [0.25, 0.3) is 0 Å². The highest BCUT2D eigenvalue weighted by Gasteiger charge is 2.35. The van der Waals surface area contributed by atoms with E-state index in [0.717, 1.165) is 25.7 Å². The quantitative estimate of drug-likeness (QED) is 0.151. The van der Waals surface area contributed by atoms with Gasteiger partial charge in [-0.3, -0.25) is 14.1 Å². The monoisotopic (exact) mass is 386 g/mol. The van der Waals surface area contributed by atoms with Gasteiger partial charge in [0, 0.05) is 26.7 Å². The molecule has 5 nitrogen and oxygen atoms in total. The van der Waals surface area contributed by atoms with E-state index in [-0.39, 0.29) is 24.4 Å². The van der Waals surface area contributed by atoms with Gasteiger partial charge in [0.15, 0.2) is 0 Å². The molecule has 0 aliphatic carbocycles. The molecule has 27 heavy (non-hydrogen) atoms. The number of carbonyl (C=O) groups is 2. The minimum absolute atomic E-state index is 0.167. The maximum atomic E-state index is 12.1. The zero-order valence-electron chi connectivity index (χ0n) is 18.7. The third-order valence-corrected chi connectivity index (χ3v) is 5.45. The second-order valence-electron chi connectivity index (χ2n) is 8.14. The number of hydrogen-bond donors (Lipinski definition) is 0. The van der Waals surface area contributed by atoms with E-state index >= 15 is 0 Å². The summed E-state index contributed by atoms with van der Waals surface area (Å²) in [5, 5.41) is 0. The van der Waals surface area contributed by atoms with E-state index in [2.05, 4.69) is 13.8 Å². The number of rotatable bonds is 16. The SMILES string of the molecule is CCCCCCCC(=O)OC(C)[N+](C)(C)C(C)OC(=O)CCCCCCC. The van der Waals surface area contributed by atoms with Gasteiger partial charge < -0.3 is 9.47 Å². The van der Waals surface area contributed by atoms with Crippen molar-refractivity contribution < 1.29 is 23.5 Å². The molecule has 0 fully saturated rings. The maximum absolute atomic E-state index is 12.1. The van der Waals surface area contributed by atoms with E-state index in [9.17, 15) is 9.59 Å². The van der Waals surface area contributed by atoms with E-state index in [1.165, 1.54) is 38.5 Å². The van der Waals surface area contributed by atoms with Crippen molar-refractivity contribution in [3.63, 3.8) is 0 Å². The average molecular weight is 387 g/mol. The molecule has 0 aliphatic heterocycles. The minimum atomic E-state index is -0.361. The van der Waals surface area contributed by atoms with Gasteiger partial charge in [0.25, 0.3) is 0 Å². The predicted octanol–water partition coefficient (Wildman–Crippen LogP) is 5.56. The lowest BCUT2D eigenvalue weighted by molar-refractivity contribution is -0.971. The van der Waals surface area contributed by atoms with Crippen molar-refractivity contribution in [3.05, 3.63) is 0 Å². The Bertz CT molecular complexity index is 373. The molecule has 0 heterocycles. The summed E-state index contributed by atoms with van der Waals surface area (Å²) in [6, 6.07) is 0. The fraction of sp³-hybridized carbons (Fsp3) is 0.909. The molecule has 2 atom stereocenters. The first kappa shape index (κ1) is 25.9. The Morgan fingerprint density at radius 1 is 0.667 bits per heavy atom. The Morgan fingerprint density at radius 2 is 1.00 bits per heavy atom. The van der Waals surface area contributed by atoms with Crippen LogP contribution < -0.4 is 0 Å². The molecule has 0 rings (SSSR count). The van der Waals surface area contributed by atoms with Gasteiger partial charge in [0.2, 0.25) is 12.5 Å². The molecule has 0 aromatic carbocycles. The van der Waals surface area contributed by atoms with E-state index in [1.807, 2.05) is 27.9 Å². The summed E-state index contributed by atoms with van der Waals surface area (Å²) in [6.45, 7) is 8.08. The number of quaternary nitrogens is 1. The molecule has 0 aromatic rings. The highest BCUT2D eigenvalue weighted by atomic mass is 16.6. The fourth-order valence-electron chi connectivity index (χ4n) is 2.81. The number of esters is 2. The van der Waals surface area contributed by atoms with E-state index in [4.69, 9.17) is 9.47 Å². The van der Waals surface area contributed by atoms with Gasteiger partial charge in [-0.25, -0.2) is 0 Å². The highest BCUT2D eigenvalue weighted by molar-refractivity contribution is 5.69. The molecule has 0 saturated carbocycles. The zero-order valence-corrected chi connectivity index (χ0v) is 18.7. The van der Waals surface area contributed by atoms with Crippen LogP contribution in [0.4, 0.5) is 0 Å². The van der Waals surface area contributed by atoms with E-state index in [1.54, 1.807) is 0 Å². The van der Waals surface area contributed by atoms with Gasteiger partial charge in [-0.15, -0.1) is 0 Å². The van der Waals surface area contributed by atoms with Crippen molar-refractivity contribution in [2.45, 2.75) is 117 Å². The van der Waals surface area contributed by atoms with Crippen molar-refractivity contribution in [1.82, 2.24) is 0 Å². The number of ether oxygens (including phenoxy) is 2. The Labute approximate surface area is 167 Å². The third kappa shape index (κ3) is 12.1. The van der Waals surface area contributed by atoms with E-state index < -0.39 is 0 Å². The molecular weight excluding hydrogens is 342 g/mol. The highest BCUT2D eigenvalue weighted by Crippen LogP contribution is 2.18. The summed E-state index contributed by atoms with van der Waals surface area (Å²) >= 11 is 0. The van der Waals surface area contributed by atoms with Crippen LogP contribution in [-0.2, 0) is 19.1 Å². The third-order valence-electron chi connectivity index (χ3n) is 5.45. The summed E-state index contributed by atoms with van der Waals surface area (Å²) in [7, 11) is 3.86. The smallest absolute Gasteiger partial charge is 0.310 e. The van der Waals surface area contributed by atoms with Gasteiger partial charge in [-0.2, -0.15) is 0 Å². The first-order valence-electron chi connectivity index (χ1n) is 11.0. The molecule has 2 unspecified atom stereocenters. The molecule has 0 bridgehead atoms. The lowest BCUT2D eigenvalue weighted by Gasteiger charge is -2.39. The molecule has 160 valence electrons. The van der Waals surface area contributed by atoms with Crippen LogP contribution in [0.1, 0.15) is 105 Å². The number of hydrogen-bond acceptors (Lipinski definition) is 4. The largest absolute Gasteiger partial charge is 0.413 e. The number of carbonyl (C=O) groups excluding carboxylic acids is 2. The Morgan fingerprint density at radius 3 is 1.33 bits per heavy atom. The maximum Gasteiger partial charge on any atom is 0.310 e. The van der Waals surface area contributed by atoms with Crippen LogP contribution in [0.3, 0.4) is 0 Å². The normalized spacial score (nSPS) is 13.9. The van der Waals surface area contributed by atoms with Crippen molar-refractivity contribution in [1.29, 1.82) is 0 Å².